The van der Waals surface area contributed by atoms with Crippen molar-refractivity contribution >= 4 is 23.1 Å². The highest BCUT2D eigenvalue weighted by Crippen LogP contribution is 2.19. The van der Waals surface area contributed by atoms with Gasteiger partial charge in [0.25, 0.3) is 0 Å². The number of anilines is 1. The molecule has 5 nitrogen and oxygen atoms in total. The number of para-hydroxylation sites is 1. The van der Waals surface area contributed by atoms with E-state index in [0.29, 0.717) is 23.5 Å². The third kappa shape index (κ3) is 1.75. The zero-order chi connectivity index (χ0) is 12.4. The molecule has 1 N–H and O–H groups in total. The fraction of sp³-hybridized carbons (Fsp3) is 0.0769. The number of rotatable bonds is 1. The lowest BCUT2D eigenvalue weighted by molar-refractivity contribution is 0.302. The van der Waals surface area contributed by atoms with Gasteiger partial charge in [0.05, 0.1) is 0 Å². The summed E-state index contributed by atoms with van der Waals surface area (Å²) in [7, 11) is 0. The average Bonchev–Trinajstić information content (AvgIpc) is 2.47. The molecule has 0 atom stereocenters. The molecule has 0 unspecified atom stereocenters. The number of hydrogen-bond donors (Lipinski definition) is 1. The predicted octanol–water partition coefficient (Wildman–Crippen LogP) is 2.08. The van der Waals surface area contributed by atoms with E-state index in [1.807, 2.05) is 41.4 Å². The number of benzene rings is 1. The molecule has 1 aliphatic heterocycles. The van der Waals surface area contributed by atoms with E-state index in [2.05, 4.69) is 10.1 Å². The molecule has 0 saturated heterocycles. The monoisotopic (exact) mass is 241 g/mol. The number of fused-ring (bicyclic) bond motifs is 1. The minimum atomic E-state index is 0.481. The Balaban J connectivity index is 2.20. The summed E-state index contributed by atoms with van der Waals surface area (Å²) in [6.07, 6.45) is 5.42. The van der Waals surface area contributed by atoms with Gasteiger partial charge in [0.2, 0.25) is 5.88 Å². The van der Waals surface area contributed by atoms with Crippen LogP contribution in [0.2, 0.25) is 0 Å². The molecule has 0 fully saturated rings. The number of allylic oxidation sites excluding steroid dienone is 1. The van der Waals surface area contributed by atoms with Crippen molar-refractivity contribution in [1.82, 2.24) is 0 Å². The summed E-state index contributed by atoms with van der Waals surface area (Å²) < 4.78 is 5.77. The molecule has 0 radical (unpaired) electrons. The average molecular weight is 241 g/mol. The first kappa shape index (κ1) is 10.6. The van der Waals surface area contributed by atoms with Gasteiger partial charge in [0.15, 0.2) is 0 Å². The molecule has 0 spiro atoms. The molecule has 18 heavy (non-hydrogen) atoms. The van der Waals surface area contributed by atoms with Crippen LogP contribution in [-0.4, -0.2) is 18.1 Å². The smallest absolute Gasteiger partial charge is 0.203 e. The molecule has 3 rings (SSSR count). The van der Waals surface area contributed by atoms with E-state index < -0.39 is 0 Å². The second-order valence-corrected chi connectivity index (χ2v) is 3.85. The maximum absolute atomic E-state index is 9.08. The zero-order valence-electron chi connectivity index (χ0n) is 9.52. The van der Waals surface area contributed by atoms with E-state index in [-0.39, 0.29) is 0 Å². The van der Waals surface area contributed by atoms with E-state index in [9.17, 15) is 0 Å². The third-order valence-electron chi connectivity index (χ3n) is 2.72. The molecule has 1 aliphatic rings. The lowest BCUT2D eigenvalue weighted by Gasteiger charge is -2.18. The van der Waals surface area contributed by atoms with Gasteiger partial charge >= 0.3 is 0 Å². The van der Waals surface area contributed by atoms with Gasteiger partial charge in [-0.15, -0.1) is 0 Å². The van der Waals surface area contributed by atoms with Crippen molar-refractivity contribution in [1.29, 1.82) is 0 Å². The predicted molar refractivity (Wildman–Crippen MR) is 68.5 cm³/mol. The highest BCUT2D eigenvalue weighted by Gasteiger charge is 2.09. The molecular weight excluding hydrogens is 230 g/mol. The number of hydrogen-bond acceptors (Lipinski definition) is 5. The molecule has 90 valence electrons. The quantitative estimate of drug-likeness (QED) is 0.614. The first-order chi connectivity index (χ1) is 8.88. The van der Waals surface area contributed by atoms with Crippen molar-refractivity contribution in [2.45, 2.75) is 0 Å². The van der Waals surface area contributed by atoms with Crippen LogP contribution in [0.1, 0.15) is 0 Å². The Bertz CT molecular complexity index is 701. The van der Waals surface area contributed by atoms with Crippen LogP contribution >= 0.6 is 0 Å². The fourth-order valence-corrected chi connectivity index (χ4v) is 1.86. The fourth-order valence-electron chi connectivity index (χ4n) is 1.86. The van der Waals surface area contributed by atoms with Gasteiger partial charge in [0, 0.05) is 23.9 Å². The standard InChI is InChI=1S/C13H11N3O2/c17-15-11-8-13(16-7-3-6-14-9-16)18-12-5-2-1-4-10(11)12/h1-8,17H,9H2. The van der Waals surface area contributed by atoms with Crippen LogP contribution in [0, 0.1) is 0 Å². The van der Waals surface area contributed by atoms with Crippen molar-refractivity contribution in [3.63, 3.8) is 0 Å². The van der Waals surface area contributed by atoms with Crippen LogP contribution in [-0.2, 0) is 0 Å². The van der Waals surface area contributed by atoms with Crippen molar-refractivity contribution in [2.24, 2.45) is 10.1 Å². The Morgan fingerprint density at radius 1 is 1.33 bits per heavy atom. The van der Waals surface area contributed by atoms with Gasteiger partial charge in [-0.05, 0) is 18.2 Å². The minimum Gasteiger partial charge on any atom is -0.440 e. The summed E-state index contributed by atoms with van der Waals surface area (Å²) in [5, 5.41) is 13.6. The van der Waals surface area contributed by atoms with Gasteiger partial charge in [0.1, 0.15) is 17.6 Å². The lowest BCUT2D eigenvalue weighted by Crippen LogP contribution is -2.20. The van der Waals surface area contributed by atoms with E-state index in [4.69, 9.17) is 9.62 Å². The molecule has 0 aliphatic carbocycles. The van der Waals surface area contributed by atoms with Crippen LogP contribution < -0.4 is 10.3 Å². The van der Waals surface area contributed by atoms with Gasteiger partial charge < -0.3 is 9.62 Å². The van der Waals surface area contributed by atoms with E-state index >= 15 is 0 Å². The number of aliphatic imine (C=N–C) groups is 1. The molecular formula is C13H11N3O2. The second-order valence-electron chi connectivity index (χ2n) is 3.85. The third-order valence-corrected chi connectivity index (χ3v) is 2.72. The van der Waals surface area contributed by atoms with Crippen LogP contribution in [0.5, 0.6) is 0 Å². The summed E-state index contributed by atoms with van der Waals surface area (Å²) >= 11 is 0. The van der Waals surface area contributed by atoms with E-state index in [0.717, 1.165) is 5.39 Å². The molecule has 0 saturated carbocycles. The maximum atomic E-state index is 9.08. The Kier molecular flexibility index (Phi) is 2.57. The van der Waals surface area contributed by atoms with Crippen LogP contribution in [0.25, 0.3) is 11.0 Å². The Labute approximate surface area is 103 Å². The minimum absolute atomic E-state index is 0.481. The van der Waals surface area contributed by atoms with Crippen molar-refractivity contribution in [2.75, 3.05) is 11.6 Å². The summed E-state index contributed by atoms with van der Waals surface area (Å²) in [6.45, 7) is 0.489. The maximum Gasteiger partial charge on any atom is 0.203 e. The lowest BCUT2D eigenvalue weighted by atomic mass is 10.2. The first-order valence-electron chi connectivity index (χ1n) is 5.53. The van der Waals surface area contributed by atoms with Gasteiger partial charge in [-0.1, -0.05) is 17.3 Å². The summed E-state index contributed by atoms with van der Waals surface area (Å²) in [4.78, 5) is 5.97. The Hall–Kier alpha value is -2.56. The summed E-state index contributed by atoms with van der Waals surface area (Å²) in [5.74, 6) is 0.592. The van der Waals surface area contributed by atoms with Crippen LogP contribution in [0.4, 0.5) is 5.88 Å². The highest BCUT2D eigenvalue weighted by atomic mass is 16.4. The van der Waals surface area contributed by atoms with E-state index in [1.54, 1.807) is 12.3 Å². The number of nitrogens with zero attached hydrogens (tertiary/aromatic N) is 3. The zero-order valence-corrected chi connectivity index (χ0v) is 9.52. The molecule has 2 heterocycles. The molecule has 1 aromatic carbocycles. The van der Waals surface area contributed by atoms with Crippen molar-refractivity contribution < 1.29 is 9.62 Å². The molecule has 0 bridgehead atoms. The van der Waals surface area contributed by atoms with E-state index in [1.165, 1.54) is 0 Å². The van der Waals surface area contributed by atoms with Gasteiger partial charge in [-0.25, -0.2) is 0 Å². The summed E-state index contributed by atoms with van der Waals surface area (Å²) in [6, 6.07) is 9.12. The summed E-state index contributed by atoms with van der Waals surface area (Å²) in [5.41, 5.74) is 0.672. The van der Waals surface area contributed by atoms with Crippen molar-refractivity contribution in [3.8, 4) is 0 Å². The Morgan fingerprint density at radius 2 is 2.22 bits per heavy atom. The van der Waals surface area contributed by atoms with Crippen molar-refractivity contribution in [3.05, 3.63) is 48.0 Å². The second kappa shape index (κ2) is 4.37. The Morgan fingerprint density at radius 3 is 3.00 bits per heavy atom. The molecule has 5 heteroatoms. The molecule has 1 aromatic heterocycles. The largest absolute Gasteiger partial charge is 0.440 e. The molecule has 0 amide bonds. The normalized spacial score (nSPS) is 15.6. The van der Waals surface area contributed by atoms with Crippen LogP contribution in [0.3, 0.4) is 0 Å². The van der Waals surface area contributed by atoms with Crippen LogP contribution in [0.15, 0.2) is 57.2 Å². The SMILES string of the molecule is ON=c1cc(N2C=CC=NC2)oc2ccccc12. The topological polar surface area (TPSA) is 61.3 Å². The molecule has 2 aromatic rings. The van der Waals surface area contributed by atoms with Gasteiger partial charge in [-0.2, -0.15) is 0 Å². The highest BCUT2D eigenvalue weighted by molar-refractivity contribution is 5.78. The first-order valence-corrected chi connectivity index (χ1v) is 5.53. The van der Waals surface area contributed by atoms with Gasteiger partial charge in [-0.3, -0.25) is 9.89 Å².